The Morgan fingerprint density at radius 3 is 2.65 bits per heavy atom. The first-order valence-corrected chi connectivity index (χ1v) is 7.14. The van der Waals surface area contributed by atoms with Crippen molar-refractivity contribution in [1.82, 2.24) is 10.3 Å². The summed E-state index contributed by atoms with van der Waals surface area (Å²) in [6, 6.07) is -0.942. The number of carbonyl (C=O) groups excluding carboxylic acids is 2. The average molecular weight is 299 g/mol. The number of thiazole rings is 1. The van der Waals surface area contributed by atoms with E-state index in [1.54, 1.807) is 6.92 Å². The molecule has 1 heterocycles. The van der Waals surface area contributed by atoms with Gasteiger partial charge < -0.3 is 15.7 Å². The van der Waals surface area contributed by atoms with Gasteiger partial charge in [0.1, 0.15) is 11.7 Å². The van der Waals surface area contributed by atoms with Crippen LogP contribution in [0.15, 0.2) is 5.38 Å². The van der Waals surface area contributed by atoms with Crippen LogP contribution in [-0.2, 0) is 9.59 Å². The molecule has 0 aliphatic rings. The van der Waals surface area contributed by atoms with E-state index in [2.05, 4.69) is 15.6 Å². The monoisotopic (exact) mass is 299 g/mol. The Balaban J connectivity index is 2.64. The van der Waals surface area contributed by atoms with Gasteiger partial charge in [-0.1, -0.05) is 13.8 Å². The van der Waals surface area contributed by atoms with Crippen molar-refractivity contribution in [3.05, 3.63) is 11.1 Å². The van der Waals surface area contributed by atoms with Gasteiger partial charge in [-0.25, -0.2) is 9.78 Å². The molecule has 1 unspecified atom stereocenters. The second-order valence-corrected chi connectivity index (χ2v) is 4.97. The molecule has 0 fully saturated rings. The molecule has 0 saturated heterocycles. The lowest BCUT2D eigenvalue weighted by atomic mass is 10.2. The SMILES string of the molecule is CCCC(=O)Nc1nc(C(=O)NC(CC)C(=O)O)cs1. The molecule has 7 nitrogen and oxygen atoms in total. The van der Waals surface area contributed by atoms with Crippen LogP contribution < -0.4 is 10.6 Å². The minimum absolute atomic E-state index is 0.0986. The number of carboxylic acids is 1. The molecule has 0 aliphatic heterocycles. The maximum absolute atomic E-state index is 11.8. The van der Waals surface area contributed by atoms with Crippen molar-refractivity contribution in [3.63, 3.8) is 0 Å². The molecule has 3 N–H and O–H groups in total. The molecular weight excluding hydrogens is 282 g/mol. The molecule has 1 aromatic rings. The lowest BCUT2D eigenvalue weighted by Gasteiger charge is -2.10. The van der Waals surface area contributed by atoms with Crippen LogP contribution in [-0.4, -0.2) is 33.9 Å². The highest BCUT2D eigenvalue weighted by Gasteiger charge is 2.20. The highest BCUT2D eigenvalue weighted by atomic mass is 32.1. The first kappa shape index (κ1) is 16.1. The molecule has 8 heteroatoms. The first-order chi connectivity index (χ1) is 9.47. The third-order valence-corrected chi connectivity index (χ3v) is 3.23. The molecule has 110 valence electrons. The standard InChI is InChI=1S/C12H17N3O4S/c1-3-5-9(16)15-12-14-8(6-20-12)10(17)13-7(4-2)11(18)19/h6-7H,3-5H2,1-2H3,(H,13,17)(H,18,19)(H,14,15,16). The topological polar surface area (TPSA) is 108 Å². The predicted molar refractivity (Wildman–Crippen MR) is 74.8 cm³/mol. The van der Waals surface area contributed by atoms with E-state index in [1.165, 1.54) is 5.38 Å². The molecule has 1 aromatic heterocycles. The van der Waals surface area contributed by atoms with Crippen molar-refractivity contribution in [2.75, 3.05) is 5.32 Å². The Morgan fingerprint density at radius 2 is 2.10 bits per heavy atom. The van der Waals surface area contributed by atoms with E-state index in [0.717, 1.165) is 17.8 Å². The number of rotatable bonds is 7. The number of hydrogen-bond acceptors (Lipinski definition) is 5. The van der Waals surface area contributed by atoms with E-state index < -0.39 is 17.9 Å². The van der Waals surface area contributed by atoms with Gasteiger partial charge in [-0.15, -0.1) is 11.3 Å². The maximum atomic E-state index is 11.8. The number of aromatic nitrogens is 1. The molecule has 0 aliphatic carbocycles. The number of carbonyl (C=O) groups is 3. The van der Waals surface area contributed by atoms with Crippen LogP contribution in [0, 0.1) is 0 Å². The third-order valence-electron chi connectivity index (χ3n) is 2.47. The van der Waals surface area contributed by atoms with Gasteiger partial charge in [-0.3, -0.25) is 9.59 Å². The molecule has 20 heavy (non-hydrogen) atoms. The Kier molecular flexibility index (Phi) is 6.10. The normalized spacial score (nSPS) is 11.7. The summed E-state index contributed by atoms with van der Waals surface area (Å²) in [7, 11) is 0. The summed E-state index contributed by atoms with van der Waals surface area (Å²) in [5.41, 5.74) is 0.0986. The molecule has 1 atom stereocenters. The number of aliphatic carboxylic acids is 1. The molecule has 1 rings (SSSR count). The fourth-order valence-electron chi connectivity index (χ4n) is 1.41. The number of nitrogens with zero attached hydrogens (tertiary/aromatic N) is 1. The van der Waals surface area contributed by atoms with E-state index >= 15 is 0 Å². The zero-order chi connectivity index (χ0) is 15.1. The number of carboxylic acid groups (broad SMARTS) is 1. The van der Waals surface area contributed by atoms with Crippen LogP contribution >= 0.6 is 11.3 Å². The van der Waals surface area contributed by atoms with Gasteiger partial charge >= 0.3 is 5.97 Å². The molecule has 0 bridgehead atoms. The van der Waals surface area contributed by atoms with Gasteiger partial charge in [0.25, 0.3) is 5.91 Å². The van der Waals surface area contributed by atoms with Crippen molar-refractivity contribution < 1.29 is 19.5 Å². The molecular formula is C12H17N3O4S. The Labute approximate surface area is 120 Å². The minimum Gasteiger partial charge on any atom is -0.480 e. The van der Waals surface area contributed by atoms with Crippen molar-refractivity contribution >= 4 is 34.3 Å². The first-order valence-electron chi connectivity index (χ1n) is 6.27. The summed E-state index contributed by atoms with van der Waals surface area (Å²) in [4.78, 5) is 38.0. The fourth-order valence-corrected chi connectivity index (χ4v) is 2.12. The average Bonchev–Trinajstić information content (AvgIpc) is 2.84. The summed E-state index contributed by atoms with van der Waals surface area (Å²) in [6.45, 7) is 3.55. The summed E-state index contributed by atoms with van der Waals surface area (Å²) in [5.74, 6) is -1.81. The molecule has 2 amide bonds. The summed E-state index contributed by atoms with van der Waals surface area (Å²) >= 11 is 1.12. The van der Waals surface area contributed by atoms with Gasteiger partial charge in [0.15, 0.2) is 5.13 Å². The second-order valence-electron chi connectivity index (χ2n) is 4.11. The Hall–Kier alpha value is -1.96. The van der Waals surface area contributed by atoms with Crippen molar-refractivity contribution in [2.45, 2.75) is 39.2 Å². The summed E-state index contributed by atoms with van der Waals surface area (Å²) in [6.07, 6.45) is 1.39. The highest BCUT2D eigenvalue weighted by Crippen LogP contribution is 2.16. The third kappa shape index (κ3) is 4.61. The zero-order valence-electron chi connectivity index (χ0n) is 11.3. The van der Waals surface area contributed by atoms with Crippen LogP contribution in [0.2, 0.25) is 0 Å². The highest BCUT2D eigenvalue weighted by molar-refractivity contribution is 7.14. The van der Waals surface area contributed by atoms with Crippen LogP contribution in [0.25, 0.3) is 0 Å². The number of hydrogen-bond donors (Lipinski definition) is 3. The minimum atomic E-state index is -1.09. The lowest BCUT2D eigenvalue weighted by molar-refractivity contribution is -0.139. The largest absolute Gasteiger partial charge is 0.480 e. The Morgan fingerprint density at radius 1 is 1.40 bits per heavy atom. The van der Waals surface area contributed by atoms with Crippen LogP contribution in [0.1, 0.15) is 43.6 Å². The second kappa shape index (κ2) is 7.59. The molecule has 0 saturated carbocycles. The van der Waals surface area contributed by atoms with Gasteiger partial charge in [-0.05, 0) is 12.8 Å². The van der Waals surface area contributed by atoms with E-state index in [1.807, 2.05) is 6.92 Å². The van der Waals surface area contributed by atoms with Crippen molar-refractivity contribution in [1.29, 1.82) is 0 Å². The molecule has 0 aromatic carbocycles. The number of amides is 2. The van der Waals surface area contributed by atoms with Gasteiger partial charge in [0.2, 0.25) is 5.91 Å². The lowest BCUT2D eigenvalue weighted by Crippen LogP contribution is -2.40. The maximum Gasteiger partial charge on any atom is 0.326 e. The smallest absolute Gasteiger partial charge is 0.326 e. The van der Waals surface area contributed by atoms with E-state index in [4.69, 9.17) is 5.11 Å². The van der Waals surface area contributed by atoms with E-state index in [9.17, 15) is 14.4 Å². The number of nitrogens with one attached hydrogen (secondary N) is 2. The Bertz CT molecular complexity index is 501. The summed E-state index contributed by atoms with van der Waals surface area (Å²) in [5, 5.41) is 15.6. The predicted octanol–water partition coefficient (Wildman–Crippen LogP) is 1.47. The number of anilines is 1. The van der Waals surface area contributed by atoms with Crippen LogP contribution in [0.4, 0.5) is 5.13 Å². The van der Waals surface area contributed by atoms with Gasteiger partial charge in [0.05, 0.1) is 0 Å². The van der Waals surface area contributed by atoms with E-state index in [0.29, 0.717) is 11.6 Å². The van der Waals surface area contributed by atoms with Crippen LogP contribution in [0.5, 0.6) is 0 Å². The summed E-state index contributed by atoms with van der Waals surface area (Å²) < 4.78 is 0. The quantitative estimate of drug-likeness (QED) is 0.706. The van der Waals surface area contributed by atoms with Gasteiger partial charge in [-0.2, -0.15) is 0 Å². The van der Waals surface area contributed by atoms with Crippen molar-refractivity contribution in [3.8, 4) is 0 Å². The zero-order valence-corrected chi connectivity index (χ0v) is 12.1. The van der Waals surface area contributed by atoms with Crippen molar-refractivity contribution in [2.24, 2.45) is 0 Å². The molecule has 0 spiro atoms. The fraction of sp³-hybridized carbons (Fsp3) is 0.500. The van der Waals surface area contributed by atoms with Crippen LogP contribution in [0.3, 0.4) is 0 Å². The van der Waals surface area contributed by atoms with E-state index in [-0.39, 0.29) is 18.0 Å². The van der Waals surface area contributed by atoms with Gasteiger partial charge in [0, 0.05) is 11.8 Å². The molecule has 0 radical (unpaired) electrons.